The van der Waals surface area contributed by atoms with Crippen LogP contribution in [0, 0.1) is 0 Å². The molecule has 0 radical (unpaired) electrons. The third kappa shape index (κ3) is 4.18. The molecule has 3 fully saturated rings. The molecule has 1 aromatic heterocycles. The van der Waals surface area contributed by atoms with Crippen molar-refractivity contribution in [3.63, 3.8) is 0 Å². The fourth-order valence-electron chi connectivity index (χ4n) is 4.88. The Balaban J connectivity index is 1.50. The van der Waals surface area contributed by atoms with Crippen molar-refractivity contribution in [2.24, 2.45) is 0 Å². The lowest BCUT2D eigenvalue weighted by Crippen LogP contribution is -2.23. The Hall–Kier alpha value is -2.67. The number of H-pyrrole nitrogens is 1. The third-order valence-corrected chi connectivity index (χ3v) is 9.16. The quantitative estimate of drug-likeness (QED) is 0.699. The minimum absolute atomic E-state index is 0.0150. The molecular formula is C25H28N2O4S. The molecule has 7 heteroatoms. The molecule has 168 valence electrons. The van der Waals surface area contributed by atoms with Gasteiger partial charge in [0.15, 0.2) is 9.84 Å². The molecule has 5 rings (SSSR count). The fourth-order valence-corrected chi connectivity index (χ4v) is 6.73. The summed E-state index contributed by atoms with van der Waals surface area (Å²) in [5.74, 6) is 0.371. The van der Waals surface area contributed by atoms with Gasteiger partial charge in [0, 0.05) is 29.3 Å². The lowest BCUT2D eigenvalue weighted by atomic mass is 9.98. The highest BCUT2D eigenvalue weighted by molar-refractivity contribution is 7.92. The van der Waals surface area contributed by atoms with E-state index in [0.29, 0.717) is 29.3 Å². The molecule has 0 spiro atoms. The number of amides is 1. The van der Waals surface area contributed by atoms with Gasteiger partial charge in [-0.05, 0) is 61.8 Å². The average Bonchev–Trinajstić information content (AvgIpc) is 3.29. The Morgan fingerprint density at radius 2 is 1.62 bits per heavy atom. The van der Waals surface area contributed by atoms with Gasteiger partial charge in [-0.1, -0.05) is 37.1 Å². The standard InChI is InChI=1S/C25H28N2O4S/c28-24-14-9-18(26-24)15-22(23-13-12-21(16-5-6-16)25(29)27-23)17-7-10-20(11-8-17)32(30,31)19-3-1-2-4-19/h7-8,10-13,15-16,18-19H,1-6,9,14H2,(H,26,28)(H,27,29)/b22-15+/t18-/m1/s1. The molecule has 0 unspecified atom stereocenters. The van der Waals surface area contributed by atoms with Gasteiger partial charge in [-0.15, -0.1) is 0 Å². The maximum absolute atomic E-state index is 12.9. The lowest BCUT2D eigenvalue weighted by Gasteiger charge is -2.15. The van der Waals surface area contributed by atoms with Crippen LogP contribution in [0.1, 0.15) is 74.1 Å². The smallest absolute Gasteiger partial charge is 0.251 e. The van der Waals surface area contributed by atoms with Gasteiger partial charge in [0.1, 0.15) is 0 Å². The minimum Gasteiger partial charge on any atom is -0.350 e. The summed E-state index contributed by atoms with van der Waals surface area (Å²) in [6.45, 7) is 0. The van der Waals surface area contributed by atoms with Crippen LogP contribution >= 0.6 is 0 Å². The van der Waals surface area contributed by atoms with Crippen LogP contribution in [0.25, 0.3) is 5.57 Å². The predicted octanol–water partition coefficient (Wildman–Crippen LogP) is 3.68. The molecule has 1 saturated heterocycles. The Bertz CT molecular complexity index is 1220. The van der Waals surface area contributed by atoms with E-state index in [4.69, 9.17) is 0 Å². The molecular weight excluding hydrogens is 424 g/mol. The van der Waals surface area contributed by atoms with Crippen LogP contribution in [0.15, 0.2) is 52.2 Å². The van der Waals surface area contributed by atoms with Crippen molar-refractivity contribution in [2.45, 2.75) is 73.5 Å². The van der Waals surface area contributed by atoms with Gasteiger partial charge >= 0.3 is 0 Å². The van der Waals surface area contributed by atoms with Gasteiger partial charge in [0.05, 0.1) is 10.1 Å². The van der Waals surface area contributed by atoms with Crippen molar-refractivity contribution < 1.29 is 13.2 Å². The second-order valence-corrected chi connectivity index (χ2v) is 11.4. The number of aromatic amines is 1. The largest absolute Gasteiger partial charge is 0.350 e. The number of benzene rings is 1. The van der Waals surface area contributed by atoms with E-state index in [1.54, 1.807) is 24.3 Å². The van der Waals surface area contributed by atoms with Gasteiger partial charge in [-0.2, -0.15) is 0 Å². The first-order valence-corrected chi connectivity index (χ1v) is 13.1. The third-order valence-electron chi connectivity index (χ3n) is 6.88. The Morgan fingerprint density at radius 1 is 0.906 bits per heavy atom. The first-order chi connectivity index (χ1) is 15.4. The number of hydrogen-bond acceptors (Lipinski definition) is 4. The predicted molar refractivity (Wildman–Crippen MR) is 123 cm³/mol. The molecule has 1 aliphatic heterocycles. The first kappa shape index (κ1) is 21.2. The number of rotatable bonds is 6. The Morgan fingerprint density at radius 3 is 2.22 bits per heavy atom. The van der Waals surface area contributed by atoms with Crippen molar-refractivity contribution in [1.82, 2.24) is 10.3 Å². The molecule has 2 aliphatic carbocycles. The summed E-state index contributed by atoms with van der Waals surface area (Å²) in [7, 11) is -3.32. The molecule has 2 saturated carbocycles. The van der Waals surface area contributed by atoms with E-state index in [0.717, 1.165) is 55.2 Å². The summed E-state index contributed by atoms with van der Waals surface area (Å²) < 4.78 is 25.9. The van der Waals surface area contributed by atoms with E-state index < -0.39 is 9.84 Å². The van der Waals surface area contributed by atoms with Gasteiger partial charge in [-0.25, -0.2) is 8.42 Å². The topological polar surface area (TPSA) is 96.1 Å². The van der Waals surface area contributed by atoms with E-state index in [9.17, 15) is 18.0 Å². The summed E-state index contributed by atoms with van der Waals surface area (Å²) in [5, 5.41) is 2.66. The zero-order chi connectivity index (χ0) is 22.3. The molecule has 2 heterocycles. The molecule has 6 nitrogen and oxygen atoms in total. The highest BCUT2D eigenvalue weighted by Gasteiger charge is 2.30. The molecule has 2 aromatic rings. The Labute approximate surface area is 188 Å². The number of carbonyl (C=O) groups is 1. The summed E-state index contributed by atoms with van der Waals surface area (Å²) >= 11 is 0. The van der Waals surface area contributed by atoms with Crippen molar-refractivity contribution in [1.29, 1.82) is 0 Å². The monoisotopic (exact) mass is 452 g/mol. The van der Waals surface area contributed by atoms with Crippen LogP contribution in [0.4, 0.5) is 0 Å². The number of sulfone groups is 1. The zero-order valence-corrected chi connectivity index (χ0v) is 18.8. The number of aromatic nitrogens is 1. The first-order valence-electron chi connectivity index (χ1n) is 11.5. The summed E-state index contributed by atoms with van der Waals surface area (Å²) in [5.41, 5.74) is 3.02. The van der Waals surface area contributed by atoms with E-state index >= 15 is 0 Å². The van der Waals surface area contributed by atoms with E-state index in [1.165, 1.54) is 0 Å². The van der Waals surface area contributed by atoms with Crippen molar-refractivity contribution in [3.05, 3.63) is 69.6 Å². The maximum Gasteiger partial charge on any atom is 0.251 e. The lowest BCUT2D eigenvalue weighted by molar-refractivity contribution is -0.119. The second-order valence-electron chi connectivity index (χ2n) is 9.20. The number of pyridine rings is 1. The molecule has 1 aromatic carbocycles. The molecule has 2 N–H and O–H groups in total. The van der Waals surface area contributed by atoms with E-state index in [2.05, 4.69) is 10.3 Å². The summed E-state index contributed by atoms with van der Waals surface area (Å²) in [4.78, 5) is 27.7. The highest BCUT2D eigenvalue weighted by Crippen LogP contribution is 2.38. The van der Waals surface area contributed by atoms with Gasteiger partial charge in [0.25, 0.3) is 5.56 Å². The summed E-state index contributed by atoms with van der Waals surface area (Å²) in [6, 6.07) is 10.6. The summed E-state index contributed by atoms with van der Waals surface area (Å²) in [6.07, 6.45) is 8.62. The second kappa shape index (κ2) is 8.35. The number of carbonyl (C=O) groups excluding carboxylic acids is 1. The maximum atomic E-state index is 12.9. The number of nitrogens with one attached hydrogen (secondary N) is 2. The number of hydrogen-bond donors (Lipinski definition) is 2. The van der Waals surface area contributed by atoms with Crippen LogP contribution < -0.4 is 10.9 Å². The normalized spacial score (nSPS) is 22.3. The fraction of sp³-hybridized carbons (Fsp3) is 0.440. The molecule has 32 heavy (non-hydrogen) atoms. The van der Waals surface area contributed by atoms with E-state index in [-0.39, 0.29) is 22.8 Å². The van der Waals surface area contributed by atoms with Gasteiger partial charge < -0.3 is 10.3 Å². The van der Waals surface area contributed by atoms with Crippen LogP contribution in [0.2, 0.25) is 0 Å². The van der Waals surface area contributed by atoms with Crippen molar-refractivity contribution >= 4 is 21.3 Å². The van der Waals surface area contributed by atoms with Crippen LogP contribution in [0.3, 0.4) is 0 Å². The van der Waals surface area contributed by atoms with Crippen molar-refractivity contribution in [3.8, 4) is 0 Å². The average molecular weight is 453 g/mol. The van der Waals surface area contributed by atoms with Gasteiger partial charge in [0.2, 0.25) is 5.91 Å². The molecule has 1 atom stereocenters. The SMILES string of the molecule is O=C1CC[C@H](/C=C(\c2ccc(S(=O)(=O)C3CCCC3)cc2)c2ccc(C3CC3)c(=O)[nH]2)N1. The van der Waals surface area contributed by atoms with Crippen LogP contribution in [-0.4, -0.2) is 30.6 Å². The van der Waals surface area contributed by atoms with Crippen LogP contribution in [0.5, 0.6) is 0 Å². The van der Waals surface area contributed by atoms with Crippen molar-refractivity contribution in [2.75, 3.05) is 0 Å². The van der Waals surface area contributed by atoms with Crippen LogP contribution in [-0.2, 0) is 14.6 Å². The zero-order valence-electron chi connectivity index (χ0n) is 18.0. The minimum atomic E-state index is -3.32. The highest BCUT2D eigenvalue weighted by atomic mass is 32.2. The molecule has 0 bridgehead atoms. The molecule has 1 amide bonds. The molecule has 3 aliphatic rings. The van der Waals surface area contributed by atoms with Gasteiger partial charge in [-0.3, -0.25) is 9.59 Å². The van der Waals surface area contributed by atoms with E-state index in [1.807, 2.05) is 18.2 Å². The Kier molecular flexibility index (Phi) is 5.53.